The van der Waals surface area contributed by atoms with Crippen molar-refractivity contribution in [2.45, 2.75) is 52.0 Å². The normalized spacial score (nSPS) is 20.2. The van der Waals surface area contributed by atoms with Gasteiger partial charge in [-0.3, -0.25) is 4.79 Å². The summed E-state index contributed by atoms with van der Waals surface area (Å²) in [5.41, 5.74) is 6.35. The Morgan fingerprint density at radius 1 is 1.48 bits per heavy atom. The number of likely N-dealkylation sites (tertiary alicyclic amines) is 1. The van der Waals surface area contributed by atoms with Crippen molar-refractivity contribution in [2.75, 3.05) is 13.1 Å². The molecule has 2 atom stereocenters. The van der Waals surface area contributed by atoms with E-state index in [1.54, 1.807) is 16.2 Å². The second-order valence-electron chi connectivity index (χ2n) is 7.17. The molecule has 0 bridgehead atoms. The van der Waals surface area contributed by atoms with Crippen LogP contribution in [0.2, 0.25) is 0 Å². The molecule has 2 rings (SSSR count). The lowest BCUT2D eigenvalue weighted by atomic mass is 9.93. The van der Waals surface area contributed by atoms with E-state index in [-0.39, 0.29) is 23.3 Å². The molecule has 0 unspecified atom stereocenters. The fourth-order valence-electron chi connectivity index (χ4n) is 2.62. The monoisotopic (exact) mass is 338 g/mol. The maximum absolute atomic E-state index is 12.4. The molecule has 3 N–H and O–H groups in total. The summed E-state index contributed by atoms with van der Waals surface area (Å²) >= 11 is 1.57. The van der Waals surface area contributed by atoms with Crippen LogP contribution in [0.15, 0.2) is 5.38 Å². The van der Waals surface area contributed by atoms with E-state index in [2.05, 4.69) is 31.1 Å². The zero-order chi connectivity index (χ0) is 17.2. The number of urea groups is 1. The van der Waals surface area contributed by atoms with Crippen LogP contribution in [0.25, 0.3) is 0 Å². The van der Waals surface area contributed by atoms with Crippen molar-refractivity contribution < 1.29 is 9.59 Å². The lowest BCUT2D eigenvalue weighted by Gasteiger charge is -2.31. The predicted molar refractivity (Wildman–Crippen MR) is 91.3 cm³/mol. The summed E-state index contributed by atoms with van der Waals surface area (Å²) in [5, 5.41) is 5.98. The molecule has 0 radical (unpaired) electrons. The first kappa shape index (κ1) is 17.7. The highest BCUT2D eigenvalue weighted by Crippen LogP contribution is 2.27. The number of piperidine rings is 1. The molecule has 1 fully saturated rings. The smallest absolute Gasteiger partial charge is 0.314 e. The van der Waals surface area contributed by atoms with E-state index in [1.165, 1.54) is 0 Å². The maximum Gasteiger partial charge on any atom is 0.314 e. The number of hydrogen-bond acceptors (Lipinski definition) is 4. The van der Waals surface area contributed by atoms with E-state index in [9.17, 15) is 9.59 Å². The Hall–Kier alpha value is -1.63. The van der Waals surface area contributed by atoms with Gasteiger partial charge in [0.2, 0.25) is 5.91 Å². The molecule has 7 heteroatoms. The van der Waals surface area contributed by atoms with Gasteiger partial charge in [-0.1, -0.05) is 20.8 Å². The third-order valence-electron chi connectivity index (χ3n) is 4.12. The first-order valence-corrected chi connectivity index (χ1v) is 8.87. The Morgan fingerprint density at radius 2 is 2.17 bits per heavy atom. The Bertz CT molecular complexity index is 579. The third kappa shape index (κ3) is 4.43. The Morgan fingerprint density at radius 3 is 2.74 bits per heavy atom. The fraction of sp³-hybridized carbons (Fsp3) is 0.688. The van der Waals surface area contributed by atoms with Crippen molar-refractivity contribution in [1.29, 1.82) is 0 Å². The van der Waals surface area contributed by atoms with Crippen LogP contribution in [-0.2, 0) is 10.2 Å². The summed E-state index contributed by atoms with van der Waals surface area (Å²) in [5.74, 6) is -0.225. The third-order valence-corrected chi connectivity index (χ3v) is 5.15. The minimum Gasteiger partial charge on any atom is -0.351 e. The Labute approximate surface area is 141 Å². The summed E-state index contributed by atoms with van der Waals surface area (Å²) < 4.78 is 0. The number of rotatable bonds is 3. The number of hydrogen-bond donors (Lipinski definition) is 2. The molecular weight excluding hydrogens is 312 g/mol. The van der Waals surface area contributed by atoms with Crippen LogP contribution in [0, 0.1) is 5.92 Å². The molecular formula is C16H26N4O2S. The van der Waals surface area contributed by atoms with E-state index in [4.69, 9.17) is 5.73 Å². The van der Waals surface area contributed by atoms with Crippen molar-refractivity contribution in [3.05, 3.63) is 16.1 Å². The van der Waals surface area contributed by atoms with Crippen molar-refractivity contribution in [3.8, 4) is 0 Å². The van der Waals surface area contributed by atoms with E-state index in [0.717, 1.165) is 23.5 Å². The predicted octanol–water partition coefficient (Wildman–Crippen LogP) is 2.41. The number of carbonyl (C=O) groups is 2. The molecule has 0 spiro atoms. The first-order valence-electron chi connectivity index (χ1n) is 7.99. The van der Waals surface area contributed by atoms with Gasteiger partial charge in [0.25, 0.3) is 0 Å². The minimum atomic E-state index is -0.453. The minimum absolute atomic E-state index is 0.00381. The average molecular weight is 338 g/mol. The van der Waals surface area contributed by atoms with Gasteiger partial charge in [0.1, 0.15) is 5.01 Å². The SMILES string of the molecule is C[C@H](NC(=O)[C@H]1CCCN(C(N)=O)C1)c1nc(C(C)(C)C)cs1. The molecule has 1 aromatic rings. The molecule has 1 aliphatic heterocycles. The van der Waals surface area contributed by atoms with Crippen LogP contribution in [0.1, 0.15) is 57.3 Å². The van der Waals surface area contributed by atoms with Gasteiger partial charge >= 0.3 is 6.03 Å². The fourth-order valence-corrected chi connectivity index (χ4v) is 3.67. The number of primary amides is 1. The highest BCUT2D eigenvalue weighted by atomic mass is 32.1. The summed E-state index contributed by atoms with van der Waals surface area (Å²) in [7, 11) is 0. The standard InChI is InChI=1S/C16H26N4O2S/c1-10(14-19-12(9-23-14)16(2,3)4)18-13(21)11-6-5-7-20(8-11)15(17)22/h9-11H,5-8H2,1-4H3,(H2,17,22)(H,18,21)/t10-,11-/m0/s1. The molecule has 1 aliphatic rings. The molecule has 3 amide bonds. The second-order valence-corrected chi connectivity index (χ2v) is 8.06. The van der Waals surface area contributed by atoms with Crippen molar-refractivity contribution in [1.82, 2.24) is 15.2 Å². The van der Waals surface area contributed by atoms with Gasteiger partial charge in [-0.05, 0) is 19.8 Å². The molecule has 1 aromatic heterocycles. The van der Waals surface area contributed by atoms with E-state index < -0.39 is 6.03 Å². The number of nitrogens with two attached hydrogens (primary N) is 1. The first-order chi connectivity index (χ1) is 10.7. The molecule has 2 heterocycles. The molecule has 0 aliphatic carbocycles. The highest BCUT2D eigenvalue weighted by molar-refractivity contribution is 7.09. The molecule has 6 nitrogen and oxygen atoms in total. The number of amides is 3. The van der Waals surface area contributed by atoms with Gasteiger partial charge in [0.15, 0.2) is 0 Å². The molecule has 0 saturated carbocycles. The van der Waals surface area contributed by atoms with Gasteiger partial charge in [0.05, 0.1) is 17.7 Å². The summed E-state index contributed by atoms with van der Waals surface area (Å²) in [6, 6.07) is -0.585. The number of nitrogens with one attached hydrogen (secondary N) is 1. The molecule has 0 aromatic carbocycles. The Kier molecular flexibility index (Phi) is 5.29. The van der Waals surface area contributed by atoms with Gasteiger partial charge in [0, 0.05) is 23.9 Å². The number of nitrogens with zero attached hydrogens (tertiary/aromatic N) is 2. The van der Waals surface area contributed by atoms with Crippen LogP contribution >= 0.6 is 11.3 Å². The highest BCUT2D eigenvalue weighted by Gasteiger charge is 2.29. The quantitative estimate of drug-likeness (QED) is 0.887. The van der Waals surface area contributed by atoms with Crippen LogP contribution in [0.4, 0.5) is 4.79 Å². The van der Waals surface area contributed by atoms with E-state index in [1.807, 2.05) is 12.3 Å². The average Bonchev–Trinajstić information content (AvgIpc) is 2.97. The van der Waals surface area contributed by atoms with Gasteiger partial charge < -0.3 is 16.0 Å². The van der Waals surface area contributed by atoms with E-state index >= 15 is 0 Å². The molecule has 23 heavy (non-hydrogen) atoms. The van der Waals surface area contributed by atoms with E-state index in [0.29, 0.717) is 13.1 Å². The van der Waals surface area contributed by atoms with Crippen molar-refractivity contribution in [3.63, 3.8) is 0 Å². The Balaban J connectivity index is 1.96. The molecule has 128 valence electrons. The van der Waals surface area contributed by atoms with Crippen LogP contribution in [0.3, 0.4) is 0 Å². The van der Waals surface area contributed by atoms with Crippen LogP contribution < -0.4 is 11.1 Å². The van der Waals surface area contributed by atoms with Crippen LogP contribution in [-0.4, -0.2) is 34.9 Å². The largest absolute Gasteiger partial charge is 0.351 e. The van der Waals surface area contributed by atoms with Gasteiger partial charge in [-0.2, -0.15) is 0 Å². The molecule has 1 saturated heterocycles. The second kappa shape index (κ2) is 6.86. The van der Waals surface area contributed by atoms with Crippen molar-refractivity contribution in [2.24, 2.45) is 11.7 Å². The number of aromatic nitrogens is 1. The zero-order valence-electron chi connectivity index (χ0n) is 14.3. The van der Waals surface area contributed by atoms with Gasteiger partial charge in [-0.25, -0.2) is 9.78 Å². The van der Waals surface area contributed by atoms with Gasteiger partial charge in [-0.15, -0.1) is 11.3 Å². The maximum atomic E-state index is 12.4. The summed E-state index contributed by atoms with van der Waals surface area (Å²) in [4.78, 5) is 29.9. The zero-order valence-corrected chi connectivity index (χ0v) is 15.1. The lowest BCUT2D eigenvalue weighted by Crippen LogP contribution is -2.47. The topological polar surface area (TPSA) is 88.3 Å². The van der Waals surface area contributed by atoms with Crippen molar-refractivity contribution >= 4 is 23.3 Å². The lowest BCUT2D eigenvalue weighted by molar-refractivity contribution is -0.126. The number of thiazole rings is 1. The number of carbonyl (C=O) groups excluding carboxylic acids is 2. The summed E-state index contributed by atoms with van der Waals surface area (Å²) in [6.07, 6.45) is 1.59. The van der Waals surface area contributed by atoms with Crippen LogP contribution in [0.5, 0.6) is 0 Å². The summed E-state index contributed by atoms with van der Waals surface area (Å²) in [6.45, 7) is 9.34.